The van der Waals surface area contributed by atoms with E-state index in [2.05, 4.69) is 48.5 Å². The molecule has 8 heteroatoms. The zero-order valence-corrected chi connectivity index (χ0v) is 21.7. The van der Waals surface area contributed by atoms with Gasteiger partial charge in [0.15, 0.2) is 0 Å². The van der Waals surface area contributed by atoms with Gasteiger partial charge in [-0.05, 0) is 91.5 Å². The van der Waals surface area contributed by atoms with Gasteiger partial charge in [-0.2, -0.15) is 22.1 Å². The highest BCUT2D eigenvalue weighted by Crippen LogP contribution is 2.69. The molecule has 2 aromatic carbocycles. The Morgan fingerprint density at radius 3 is 2.57 bits per heavy atom. The van der Waals surface area contributed by atoms with Crippen LogP contribution in [0.1, 0.15) is 30.4 Å². The van der Waals surface area contributed by atoms with E-state index < -0.39 is 10.2 Å². The topological polar surface area (TPSA) is 58.4 Å². The minimum absolute atomic E-state index is 0.191. The van der Waals surface area contributed by atoms with E-state index in [0.717, 1.165) is 41.4 Å². The summed E-state index contributed by atoms with van der Waals surface area (Å²) in [4.78, 5) is 0. The lowest BCUT2D eigenvalue weighted by atomic mass is 9.83. The van der Waals surface area contributed by atoms with Crippen LogP contribution in [-0.4, -0.2) is 53.0 Å². The number of hydrogen-bond donors (Lipinski definition) is 0. The lowest BCUT2D eigenvalue weighted by Crippen LogP contribution is -2.44. The van der Waals surface area contributed by atoms with E-state index in [1.807, 2.05) is 10.9 Å². The number of fused-ring (bicyclic) bond motifs is 2. The van der Waals surface area contributed by atoms with E-state index in [4.69, 9.17) is 0 Å². The van der Waals surface area contributed by atoms with Gasteiger partial charge in [-0.25, -0.2) is 9.07 Å². The first-order valence-electron chi connectivity index (χ1n) is 13.2. The van der Waals surface area contributed by atoms with Gasteiger partial charge in [0.25, 0.3) is 10.2 Å². The number of piperidine rings is 1. The fourth-order valence-electron chi connectivity index (χ4n) is 7.36. The number of benzene rings is 2. The van der Waals surface area contributed by atoms with Gasteiger partial charge in [-0.3, -0.25) is 0 Å². The first-order chi connectivity index (χ1) is 17.9. The standard InChI is InChI=1S/C29H31FN4O2S/c1-20-15-27-22(17-31-34(27)24-11-9-23(30)10-12-24)16-25(20)29-19-33(37(35,36)32-13-5-6-14-32)18-26(29)28(29)21-7-3-2-4-8-21/h2-4,7,9-12,15-17,21,26,28H,5-6,8,13-14,18-19H2,1H3/t21?,26-,28-,29+/m1/s1. The molecule has 2 aliphatic carbocycles. The van der Waals surface area contributed by atoms with Gasteiger partial charge < -0.3 is 0 Å². The Labute approximate surface area is 217 Å². The molecule has 2 aliphatic heterocycles. The number of hydrogen-bond acceptors (Lipinski definition) is 3. The van der Waals surface area contributed by atoms with Crippen molar-refractivity contribution in [1.29, 1.82) is 0 Å². The van der Waals surface area contributed by atoms with E-state index in [1.165, 1.54) is 17.7 Å². The monoisotopic (exact) mass is 518 g/mol. The Hall–Kier alpha value is -2.81. The smallest absolute Gasteiger partial charge is 0.233 e. The normalized spacial score (nSPS) is 29.8. The molecule has 4 atom stereocenters. The molecular formula is C29H31FN4O2S. The summed E-state index contributed by atoms with van der Waals surface area (Å²) in [5, 5.41) is 5.63. The van der Waals surface area contributed by atoms with Crippen LogP contribution in [-0.2, 0) is 15.6 Å². The quantitative estimate of drug-likeness (QED) is 0.490. The molecule has 0 spiro atoms. The average molecular weight is 519 g/mol. The summed E-state index contributed by atoms with van der Waals surface area (Å²) in [5.41, 5.74) is 3.99. The van der Waals surface area contributed by atoms with Gasteiger partial charge in [-0.1, -0.05) is 24.3 Å². The molecule has 3 heterocycles. The van der Waals surface area contributed by atoms with Crippen molar-refractivity contribution in [2.75, 3.05) is 26.2 Å². The molecule has 3 fully saturated rings. The highest BCUT2D eigenvalue weighted by atomic mass is 32.2. The minimum Gasteiger partial charge on any atom is -0.233 e. The van der Waals surface area contributed by atoms with Crippen molar-refractivity contribution < 1.29 is 12.8 Å². The number of nitrogens with zero attached hydrogens (tertiary/aromatic N) is 4. The Morgan fingerprint density at radius 1 is 1.05 bits per heavy atom. The third kappa shape index (κ3) is 3.49. The van der Waals surface area contributed by atoms with Gasteiger partial charge in [0.2, 0.25) is 0 Å². The molecule has 3 aromatic rings. The number of halogens is 1. The van der Waals surface area contributed by atoms with E-state index in [1.54, 1.807) is 20.7 Å². The van der Waals surface area contributed by atoms with Gasteiger partial charge >= 0.3 is 0 Å². The first-order valence-corrected chi connectivity index (χ1v) is 14.6. The maximum Gasteiger partial charge on any atom is 0.282 e. The van der Waals surface area contributed by atoms with E-state index in [-0.39, 0.29) is 11.2 Å². The highest BCUT2D eigenvalue weighted by Gasteiger charge is 2.72. The predicted octanol–water partition coefficient (Wildman–Crippen LogP) is 4.75. The van der Waals surface area contributed by atoms with Crippen LogP contribution in [0.5, 0.6) is 0 Å². The van der Waals surface area contributed by atoms with Crippen LogP contribution < -0.4 is 0 Å². The number of aromatic nitrogens is 2. The molecule has 0 bridgehead atoms. The Balaban J connectivity index is 1.29. The van der Waals surface area contributed by atoms with Crippen molar-refractivity contribution in [2.24, 2.45) is 17.8 Å². The van der Waals surface area contributed by atoms with Crippen molar-refractivity contribution >= 4 is 21.1 Å². The lowest BCUT2D eigenvalue weighted by molar-refractivity contribution is 0.333. The van der Waals surface area contributed by atoms with Crippen LogP contribution in [0.2, 0.25) is 0 Å². The summed E-state index contributed by atoms with van der Waals surface area (Å²) in [6.45, 7) is 4.51. The molecule has 4 aliphatic rings. The zero-order chi connectivity index (χ0) is 25.4. The van der Waals surface area contributed by atoms with Gasteiger partial charge in [0, 0.05) is 37.0 Å². The summed E-state index contributed by atoms with van der Waals surface area (Å²) in [6.07, 6.45) is 13.5. The third-order valence-electron chi connectivity index (χ3n) is 9.10. The molecule has 192 valence electrons. The first kappa shape index (κ1) is 23.3. The van der Waals surface area contributed by atoms with Gasteiger partial charge in [0.05, 0.1) is 17.4 Å². The Morgan fingerprint density at radius 2 is 1.84 bits per heavy atom. The van der Waals surface area contributed by atoms with Gasteiger partial charge in [0.1, 0.15) is 5.82 Å². The fourth-order valence-corrected chi connectivity index (χ4v) is 9.13. The Bertz CT molecular complexity index is 1540. The van der Waals surface area contributed by atoms with E-state index in [9.17, 15) is 12.8 Å². The highest BCUT2D eigenvalue weighted by molar-refractivity contribution is 7.86. The van der Waals surface area contributed by atoms with Crippen LogP contribution in [0.3, 0.4) is 0 Å². The second-order valence-electron chi connectivity index (χ2n) is 11.1. The summed E-state index contributed by atoms with van der Waals surface area (Å²) < 4.78 is 45.8. The molecule has 0 amide bonds. The predicted molar refractivity (Wildman–Crippen MR) is 142 cm³/mol. The van der Waals surface area contributed by atoms with Gasteiger partial charge in [-0.15, -0.1) is 0 Å². The molecule has 1 saturated carbocycles. The molecule has 7 rings (SSSR count). The second kappa shape index (κ2) is 8.35. The molecule has 1 aromatic heterocycles. The van der Waals surface area contributed by atoms with Crippen LogP contribution in [0, 0.1) is 30.5 Å². The summed E-state index contributed by atoms with van der Waals surface area (Å²) in [7, 11) is -3.44. The van der Waals surface area contributed by atoms with Crippen LogP contribution in [0.25, 0.3) is 16.6 Å². The second-order valence-corrected chi connectivity index (χ2v) is 13.0. The molecule has 1 unspecified atom stereocenters. The molecule has 0 N–H and O–H groups in total. The van der Waals surface area contributed by atoms with Crippen molar-refractivity contribution in [1.82, 2.24) is 18.4 Å². The number of allylic oxidation sites excluding steroid dienone is 4. The minimum atomic E-state index is -3.44. The molecule has 6 nitrogen and oxygen atoms in total. The van der Waals surface area contributed by atoms with E-state index >= 15 is 0 Å². The van der Waals surface area contributed by atoms with Crippen molar-refractivity contribution in [3.8, 4) is 5.69 Å². The van der Waals surface area contributed by atoms with E-state index in [0.29, 0.717) is 43.9 Å². The van der Waals surface area contributed by atoms with Crippen molar-refractivity contribution in [2.45, 2.75) is 31.6 Å². The fraction of sp³-hybridized carbons (Fsp3) is 0.414. The van der Waals surface area contributed by atoms with Crippen molar-refractivity contribution in [3.63, 3.8) is 0 Å². The van der Waals surface area contributed by atoms with Crippen LogP contribution >= 0.6 is 0 Å². The SMILES string of the molecule is Cc1cc2c(cnn2-c2ccc(F)cc2)cc1[C@@]12CN(S(=O)(=O)N3CCCC3)C[C@@H]1[C@H]2C1C=CC=CC1. The molecule has 0 radical (unpaired) electrons. The van der Waals surface area contributed by atoms with Crippen LogP contribution in [0.15, 0.2) is 66.9 Å². The van der Waals surface area contributed by atoms with Crippen molar-refractivity contribution in [3.05, 3.63) is 83.8 Å². The maximum absolute atomic E-state index is 13.5. The average Bonchev–Trinajstić information content (AvgIpc) is 3.41. The molecule has 2 saturated heterocycles. The molecule has 37 heavy (non-hydrogen) atoms. The largest absolute Gasteiger partial charge is 0.282 e. The number of rotatable bonds is 5. The maximum atomic E-state index is 13.5. The zero-order valence-electron chi connectivity index (χ0n) is 20.9. The number of aryl methyl sites for hydroxylation is 1. The lowest BCUT2D eigenvalue weighted by Gasteiger charge is -2.30. The Kier molecular flexibility index (Phi) is 5.26. The summed E-state index contributed by atoms with van der Waals surface area (Å²) in [6, 6.07) is 10.8. The summed E-state index contributed by atoms with van der Waals surface area (Å²) >= 11 is 0. The third-order valence-corrected chi connectivity index (χ3v) is 11.0. The summed E-state index contributed by atoms with van der Waals surface area (Å²) in [5.74, 6) is 0.866. The molecular weight excluding hydrogens is 487 g/mol. The van der Waals surface area contributed by atoms with Crippen LogP contribution in [0.4, 0.5) is 4.39 Å².